The van der Waals surface area contributed by atoms with E-state index in [0.29, 0.717) is 29.7 Å². The van der Waals surface area contributed by atoms with Crippen molar-refractivity contribution in [3.63, 3.8) is 0 Å². The third kappa shape index (κ3) is 5.22. The van der Waals surface area contributed by atoms with Crippen LogP contribution >= 0.6 is 0 Å². The predicted molar refractivity (Wildman–Crippen MR) is 112 cm³/mol. The van der Waals surface area contributed by atoms with E-state index >= 15 is 0 Å². The molecule has 0 unspecified atom stereocenters. The summed E-state index contributed by atoms with van der Waals surface area (Å²) in [6, 6.07) is 13.3. The van der Waals surface area contributed by atoms with Gasteiger partial charge in [-0.2, -0.15) is 0 Å². The molecule has 2 aromatic heterocycles. The fraction of sp³-hybridized carbons (Fsp3) is 0.348. The number of aryl methyl sites for hydroxylation is 1. The molecule has 0 fully saturated rings. The highest BCUT2D eigenvalue weighted by Gasteiger charge is 2.16. The number of hydrogen-bond donors (Lipinski definition) is 1. The number of amides is 1. The summed E-state index contributed by atoms with van der Waals surface area (Å²) in [5, 5.41) is 7.12. The standard InChI is InChI=1S/C23H27N3O3/c1-4-17(5-2)13-25-23(27)19-11-12-21(24-14-19)28-15-20-16(3)29-26-22(20)18-9-7-6-8-10-18/h6-12,14,17H,4-5,13,15H2,1-3H3,(H,25,27). The van der Waals surface area contributed by atoms with Crippen LogP contribution in [0.3, 0.4) is 0 Å². The molecule has 0 aliphatic rings. The van der Waals surface area contributed by atoms with Gasteiger partial charge in [0.1, 0.15) is 18.1 Å². The fourth-order valence-corrected chi connectivity index (χ4v) is 3.05. The topological polar surface area (TPSA) is 77.2 Å². The number of nitrogens with one attached hydrogen (secondary N) is 1. The molecule has 6 heteroatoms. The molecular formula is C23H27N3O3. The number of pyridine rings is 1. The van der Waals surface area contributed by atoms with Crippen molar-refractivity contribution in [2.45, 2.75) is 40.2 Å². The van der Waals surface area contributed by atoms with E-state index in [4.69, 9.17) is 9.26 Å². The number of rotatable bonds is 9. The first kappa shape index (κ1) is 20.6. The fourth-order valence-electron chi connectivity index (χ4n) is 3.05. The van der Waals surface area contributed by atoms with Crippen molar-refractivity contribution >= 4 is 5.91 Å². The highest BCUT2D eigenvalue weighted by molar-refractivity contribution is 5.93. The molecule has 6 nitrogen and oxygen atoms in total. The molecular weight excluding hydrogens is 366 g/mol. The summed E-state index contributed by atoms with van der Waals surface area (Å²) >= 11 is 0. The summed E-state index contributed by atoms with van der Waals surface area (Å²) in [5.74, 6) is 1.54. The Labute approximate surface area is 171 Å². The number of ether oxygens (including phenoxy) is 1. The third-order valence-corrected chi connectivity index (χ3v) is 5.10. The van der Waals surface area contributed by atoms with Gasteiger partial charge in [0.15, 0.2) is 0 Å². The van der Waals surface area contributed by atoms with Gasteiger partial charge in [0.05, 0.1) is 11.1 Å². The lowest BCUT2D eigenvalue weighted by molar-refractivity contribution is 0.0946. The van der Waals surface area contributed by atoms with Crippen molar-refractivity contribution in [1.82, 2.24) is 15.5 Å². The maximum Gasteiger partial charge on any atom is 0.252 e. The largest absolute Gasteiger partial charge is 0.473 e. The van der Waals surface area contributed by atoms with Gasteiger partial charge in [-0.1, -0.05) is 62.2 Å². The summed E-state index contributed by atoms with van der Waals surface area (Å²) in [4.78, 5) is 16.5. The van der Waals surface area contributed by atoms with Gasteiger partial charge in [0.2, 0.25) is 5.88 Å². The Kier molecular flexibility index (Phi) is 7.00. The average Bonchev–Trinajstić information content (AvgIpc) is 3.14. The van der Waals surface area contributed by atoms with E-state index < -0.39 is 0 Å². The smallest absolute Gasteiger partial charge is 0.252 e. The minimum Gasteiger partial charge on any atom is -0.473 e. The lowest BCUT2D eigenvalue weighted by Gasteiger charge is -2.13. The van der Waals surface area contributed by atoms with Gasteiger partial charge in [0, 0.05) is 24.4 Å². The zero-order valence-corrected chi connectivity index (χ0v) is 17.1. The molecule has 0 aliphatic heterocycles. The van der Waals surface area contributed by atoms with Gasteiger partial charge in [-0.15, -0.1) is 0 Å². The van der Waals surface area contributed by atoms with Crippen LogP contribution < -0.4 is 10.1 Å². The number of benzene rings is 1. The predicted octanol–water partition coefficient (Wildman–Crippen LogP) is 4.79. The van der Waals surface area contributed by atoms with Crippen LogP contribution in [-0.2, 0) is 6.61 Å². The van der Waals surface area contributed by atoms with Crippen molar-refractivity contribution in [3.8, 4) is 17.1 Å². The van der Waals surface area contributed by atoms with E-state index in [1.807, 2.05) is 37.3 Å². The van der Waals surface area contributed by atoms with Gasteiger partial charge in [-0.05, 0) is 18.9 Å². The van der Waals surface area contributed by atoms with Crippen LogP contribution in [0.5, 0.6) is 5.88 Å². The summed E-state index contributed by atoms with van der Waals surface area (Å²) in [6.07, 6.45) is 3.64. The zero-order valence-electron chi connectivity index (χ0n) is 17.1. The second-order valence-corrected chi connectivity index (χ2v) is 7.00. The van der Waals surface area contributed by atoms with Crippen molar-refractivity contribution in [1.29, 1.82) is 0 Å². The molecule has 0 bridgehead atoms. The summed E-state index contributed by atoms with van der Waals surface area (Å²) < 4.78 is 11.2. The van der Waals surface area contributed by atoms with Crippen LogP contribution in [0.25, 0.3) is 11.3 Å². The van der Waals surface area contributed by atoms with Crippen molar-refractivity contribution < 1.29 is 14.1 Å². The van der Waals surface area contributed by atoms with E-state index in [9.17, 15) is 4.79 Å². The molecule has 0 saturated carbocycles. The van der Waals surface area contributed by atoms with Gasteiger partial charge in [0.25, 0.3) is 5.91 Å². The molecule has 0 saturated heterocycles. The number of carbonyl (C=O) groups excluding carboxylic acids is 1. The van der Waals surface area contributed by atoms with Crippen molar-refractivity contribution in [2.24, 2.45) is 5.92 Å². The molecule has 29 heavy (non-hydrogen) atoms. The van der Waals surface area contributed by atoms with Gasteiger partial charge in [-0.25, -0.2) is 4.98 Å². The van der Waals surface area contributed by atoms with Crippen molar-refractivity contribution in [3.05, 3.63) is 65.5 Å². The third-order valence-electron chi connectivity index (χ3n) is 5.10. The Morgan fingerprint density at radius 2 is 1.90 bits per heavy atom. The first-order valence-corrected chi connectivity index (χ1v) is 10.00. The second kappa shape index (κ2) is 9.87. The molecule has 1 N–H and O–H groups in total. The average molecular weight is 393 g/mol. The molecule has 1 amide bonds. The second-order valence-electron chi connectivity index (χ2n) is 7.00. The minimum atomic E-state index is -0.114. The molecule has 3 rings (SSSR count). The highest BCUT2D eigenvalue weighted by atomic mass is 16.5. The van der Waals surface area contributed by atoms with Crippen LogP contribution in [0, 0.1) is 12.8 Å². The lowest BCUT2D eigenvalue weighted by atomic mass is 10.0. The number of hydrogen-bond acceptors (Lipinski definition) is 5. The molecule has 1 aromatic carbocycles. The van der Waals surface area contributed by atoms with E-state index in [0.717, 1.165) is 29.7 Å². The summed E-state index contributed by atoms with van der Waals surface area (Å²) in [6.45, 7) is 7.09. The Morgan fingerprint density at radius 1 is 1.14 bits per heavy atom. The zero-order chi connectivity index (χ0) is 20.6. The summed E-state index contributed by atoms with van der Waals surface area (Å²) in [7, 11) is 0. The SMILES string of the molecule is CCC(CC)CNC(=O)c1ccc(OCc2c(-c3ccccc3)noc2C)nc1. The van der Waals surface area contributed by atoms with Crippen LogP contribution in [-0.4, -0.2) is 22.6 Å². The molecule has 0 atom stereocenters. The maximum absolute atomic E-state index is 12.3. The quantitative estimate of drug-likeness (QED) is 0.565. The number of carbonyl (C=O) groups is 1. The van der Waals surface area contributed by atoms with Crippen LogP contribution in [0.15, 0.2) is 53.2 Å². The molecule has 0 spiro atoms. The van der Waals surface area contributed by atoms with E-state index in [1.54, 1.807) is 12.1 Å². The van der Waals surface area contributed by atoms with Crippen molar-refractivity contribution in [2.75, 3.05) is 6.54 Å². The minimum absolute atomic E-state index is 0.114. The number of aromatic nitrogens is 2. The summed E-state index contributed by atoms with van der Waals surface area (Å²) in [5.41, 5.74) is 3.14. The first-order chi connectivity index (χ1) is 14.1. The first-order valence-electron chi connectivity index (χ1n) is 10.00. The van der Waals surface area contributed by atoms with Crippen LogP contribution in [0.4, 0.5) is 0 Å². The number of nitrogens with zero attached hydrogens (tertiary/aromatic N) is 2. The normalized spacial score (nSPS) is 10.9. The monoisotopic (exact) mass is 393 g/mol. The van der Waals surface area contributed by atoms with Crippen LogP contribution in [0.1, 0.15) is 48.4 Å². The Morgan fingerprint density at radius 3 is 2.55 bits per heavy atom. The van der Waals surface area contributed by atoms with Gasteiger partial charge < -0.3 is 14.6 Å². The lowest BCUT2D eigenvalue weighted by Crippen LogP contribution is -2.28. The molecule has 0 radical (unpaired) electrons. The van der Waals surface area contributed by atoms with Gasteiger partial charge in [-0.3, -0.25) is 4.79 Å². The Hall–Kier alpha value is -3.15. The molecule has 0 aliphatic carbocycles. The highest BCUT2D eigenvalue weighted by Crippen LogP contribution is 2.26. The Balaban J connectivity index is 1.61. The maximum atomic E-state index is 12.3. The van der Waals surface area contributed by atoms with E-state index in [2.05, 4.69) is 29.3 Å². The Bertz CT molecular complexity index is 916. The molecule has 152 valence electrons. The molecule has 3 aromatic rings. The van der Waals surface area contributed by atoms with E-state index in [-0.39, 0.29) is 12.5 Å². The molecule has 2 heterocycles. The van der Waals surface area contributed by atoms with Crippen LogP contribution in [0.2, 0.25) is 0 Å². The van der Waals surface area contributed by atoms with E-state index in [1.165, 1.54) is 6.20 Å². The van der Waals surface area contributed by atoms with Gasteiger partial charge >= 0.3 is 0 Å².